The van der Waals surface area contributed by atoms with Gasteiger partial charge in [-0.15, -0.1) is 0 Å². The van der Waals surface area contributed by atoms with Gasteiger partial charge >= 0.3 is 0 Å². The van der Waals surface area contributed by atoms with Crippen molar-refractivity contribution >= 4 is 10.0 Å². The number of nitrogens with one attached hydrogen (secondary N) is 1. The highest BCUT2D eigenvalue weighted by atomic mass is 32.2. The number of benzene rings is 1. The Hall–Kier alpha value is -1.15. The van der Waals surface area contributed by atoms with E-state index >= 15 is 0 Å². The molecule has 102 valence electrons. The highest BCUT2D eigenvalue weighted by molar-refractivity contribution is 7.89. The Kier molecular flexibility index (Phi) is 5.54. The Morgan fingerprint density at radius 3 is 2.33 bits per heavy atom. The highest BCUT2D eigenvalue weighted by Gasteiger charge is 2.14. The zero-order chi connectivity index (χ0) is 13.6. The van der Waals surface area contributed by atoms with E-state index in [0.717, 1.165) is 0 Å². The molecule has 0 radical (unpaired) electrons. The SMILES string of the molecule is CC(C)NS(=O)(=O)c1ccc(OCCON)cc1. The van der Waals surface area contributed by atoms with E-state index in [9.17, 15) is 8.42 Å². The average molecular weight is 274 g/mol. The van der Waals surface area contributed by atoms with Crippen LogP contribution in [0.3, 0.4) is 0 Å². The van der Waals surface area contributed by atoms with Gasteiger partial charge in [-0.25, -0.2) is 19.0 Å². The first-order valence-corrected chi connectivity index (χ1v) is 7.01. The van der Waals surface area contributed by atoms with Gasteiger partial charge in [-0.3, -0.25) is 0 Å². The minimum absolute atomic E-state index is 0.146. The molecule has 0 unspecified atom stereocenters. The van der Waals surface area contributed by atoms with Crippen LogP contribution in [-0.2, 0) is 14.9 Å². The molecule has 0 aliphatic rings. The Balaban J connectivity index is 2.70. The third-order valence-corrected chi connectivity index (χ3v) is 3.67. The lowest BCUT2D eigenvalue weighted by atomic mass is 10.3. The molecule has 0 saturated heterocycles. The van der Waals surface area contributed by atoms with Gasteiger partial charge in [0.25, 0.3) is 0 Å². The van der Waals surface area contributed by atoms with Crippen molar-refractivity contribution in [3.8, 4) is 5.75 Å². The van der Waals surface area contributed by atoms with Gasteiger partial charge in [0, 0.05) is 6.04 Å². The highest BCUT2D eigenvalue weighted by Crippen LogP contribution is 2.16. The first-order valence-electron chi connectivity index (χ1n) is 5.52. The summed E-state index contributed by atoms with van der Waals surface area (Å²) >= 11 is 0. The van der Waals surface area contributed by atoms with E-state index in [1.807, 2.05) is 0 Å². The van der Waals surface area contributed by atoms with E-state index in [-0.39, 0.29) is 17.5 Å². The predicted molar refractivity (Wildman–Crippen MR) is 67.5 cm³/mol. The zero-order valence-electron chi connectivity index (χ0n) is 10.4. The van der Waals surface area contributed by atoms with Gasteiger partial charge in [0.1, 0.15) is 19.0 Å². The van der Waals surface area contributed by atoms with Gasteiger partial charge in [0.2, 0.25) is 10.0 Å². The van der Waals surface area contributed by atoms with E-state index < -0.39 is 10.0 Å². The third-order valence-electron chi connectivity index (χ3n) is 1.99. The molecule has 0 amide bonds. The number of ether oxygens (including phenoxy) is 1. The molecule has 0 fully saturated rings. The van der Waals surface area contributed by atoms with Crippen LogP contribution in [0.2, 0.25) is 0 Å². The van der Waals surface area contributed by atoms with E-state index in [2.05, 4.69) is 9.56 Å². The minimum atomic E-state index is -3.45. The second-order valence-corrected chi connectivity index (χ2v) is 5.68. The summed E-state index contributed by atoms with van der Waals surface area (Å²) in [5.74, 6) is 5.42. The second-order valence-electron chi connectivity index (χ2n) is 3.97. The van der Waals surface area contributed by atoms with Crippen molar-refractivity contribution in [3.05, 3.63) is 24.3 Å². The van der Waals surface area contributed by atoms with Crippen LogP contribution in [0, 0.1) is 0 Å². The molecule has 6 nitrogen and oxygen atoms in total. The fourth-order valence-electron chi connectivity index (χ4n) is 1.30. The Bertz CT molecular complexity index is 456. The molecule has 1 aromatic rings. The lowest BCUT2D eigenvalue weighted by Gasteiger charge is -2.10. The standard InChI is InChI=1S/C11H18N2O4S/c1-9(2)13-18(14,15)11-5-3-10(4-6-11)16-7-8-17-12/h3-6,9,13H,7-8,12H2,1-2H3. The molecule has 3 N–H and O–H groups in total. The fourth-order valence-corrected chi connectivity index (χ4v) is 2.55. The maximum absolute atomic E-state index is 11.8. The van der Waals surface area contributed by atoms with Crippen LogP contribution in [0.15, 0.2) is 29.2 Å². The van der Waals surface area contributed by atoms with Gasteiger partial charge in [0.15, 0.2) is 0 Å². The largest absolute Gasteiger partial charge is 0.491 e. The molecular formula is C11H18N2O4S. The smallest absolute Gasteiger partial charge is 0.240 e. The maximum atomic E-state index is 11.8. The molecular weight excluding hydrogens is 256 g/mol. The summed E-state index contributed by atoms with van der Waals surface area (Å²) < 4.78 is 31.4. The topological polar surface area (TPSA) is 90.7 Å². The molecule has 18 heavy (non-hydrogen) atoms. The lowest BCUT2D eigenvalue weighted by Crippen LogP contribution is -2.30. The monoisotopic (exact) mass is 274 g/mol. The van der Waals surface area contributed by atoms with Crippen molar-refractivity contribution in [1.82, 2.24) is 4.72 Å². The van der Waals surface area contributed by atoms with Crippen molar-refractivity contribution in [2.45, 2.75) is 24.8 Å². The second kappa shape index (κ2) is 6.69. The summed E-state index contributed by atoms with van der Waals surface area (Å²) in [5, 5.41) is 0. The summed E-state index contributed by atoms with van der Waals surface area (Å²) in [6, 6.07) is 6.01. The maximum Gasteiger partial charge on any atom is 0.240 e. The van der Waals surface area contributed by atoms with Gasteiger partial charge < -0.3 is 9.57 Å². The molecule has 7 heteroatoms. The van der Waals surface area contributed by atoms with Crippen LogP contribution in [0.4, 0.5) is 0 Å². The van der Waals surface area contributed by atoms with E-state index in [1.165, 1.54) is 12.1 Å². The molecule has 1 aromatic carbocycles. The Morgan fingerprint density at radius 2 is 1.83 bits per heavy atom. The summed E-state index contributed by atoms with van der Waals surface area (Å²) in [4.78, 5) is 4.56. The molecule has 0 spiro atoms. The zero-order valence-corrected chi connectivity index (χ0v) is 11.2. The average Bonchev–Trinajstić information content (AvgIpc) is 2.28. The molecule has 0 bridgehead atoms. The summed E-state index contributed by atoms with van der Waals surface area (Å²) in [6.07, 6.45) is 0. The predicted octanol–water partition coefficient (Wildman–Crippen LogP) is 0.642. The third kappa shape index (κ3) is 4.61. The molecule has 0 aliphatic heterocycles. The minimum Gasteiger partial charge on any atom is -0.491 e. The van der Waals surface area contributed by atoms with Crippen LogP contribution in [0.25, 0.3) is 0 Å². The van der Waals surface area contributed by atoms with Crippen molar-refractivity contribution in [2.75, 3.05) is 13.2 Å². The summed E-state index contributed by atoms with van der Waals surface area (Å²) in [6.45, 7) is 4.12. The van der Waals surface area contributed by atoms with Crippen LogP contribution >= 0.6 is 0 Å². The molecule has 0 atom stereocenters. The number of hydrogen-bond acceptors (Lipinski definition) is 5. The first-order chi connectivity index (χ1) is 8.45. The van der Waals surface area contributed by atoms with Gasteiger partial charge in [-0.2, -0.15) is 0 Å². The van der Waals surface area contributed by atoms with E-state index in [0.29, 0.717) is 12.4 Å². The van der Waals surface area contributed by atoms with Gasteiger partial charge in [0.05, 0.1) is 4.90 Å². The Labute approximate surface area is 107 Å². The summed E-state index contributed by atoms with van der Waals surface area (Å²) in [5.41, 5.74) is 0. The number of nitrogens with two attached hydrogens (primary N) is 1. The van der Waals surface area contributed by atoms with E-state index in [4.69, 9.17) is 10.6 Å². The molecule has 1 rings (SSSR count). The molecule has 0 heterocycles. The van der Waals surface area contributed by atoms with Gasteiger partial charge in [-0.05, 0) is 38.1 Å². The molecule has 0 aromatic heterocycles. The van der Waals surface area contributed by atoms with E-state index in [1.54, 1.807) is 26.0 Å². The van der Waals surface area contributed by atoms with Crippen LogP contribution < -0.4 is 15.4 Å². The molecule has 0 saturated carbocycles. The number of sulfonamides is 1. The van der Waals surface area contributed by atoms with Crippen LogP contribution in [-0.4, -0.2) is 27.7 Å². The van der Waals surface area contributed by atoms with Crippen molar-refractivity contribution in [2.24, 2.45) is 5.90 Å². The van der Waals surface area contributed by atoms with Crippen molar-refractivity contribution in [3.63, 3.8) is 0 Å². The number of hydrogen-bond donors (Lipinski definition) is 2. The van der Waals surface area contributed by atoms with Crippen molar-refractivity contribution < 1.29 is 18.0 Å². The van der Waals surface area contributed by atoms with Crippen LogP contribution in [0.5, 0.6) is 5.75 Å². The van der Waals surface area contributed by atoms with Crippen molar-refractivity contribution in [1.29, 1.82) is 0 Å². The van der Waals surface area contributed by atoms with Crippen LogP contribution in [0.1, 0.15) is 13.8 Å². The summed E-state index contributed by atoms with van der Waals surface area (Å²) in [7, 11) is -3.45. The first kappa shape index (κ1) is 14.9. The van der Waals surface area contributed by atoms with Gasteiger partial charge in [-0.1, -0.05) is 0 Å². The normalized spacial score (nSPS) is 11.8. The Morgan fingerprint density at radius 1 is 1.22 bits per heavy atom. The quantitative estimate of drug-likeness (QED) is 0.562. The number of rotatable bonds is 7. The molecule has 0 aliphatic carbocycles. The fraction of sp³-hybridized carbons (Fsp3) is 0.455. The lowest BCUT2D eigenvalue weighted by molar-refractivity contribution is 0.102.